The van der Waals surface area contributed by atoms with Gasteiger partial charge in [-0.3, -0.25) is 4.68 Å². The van der Waals surface area contributed by atoms with Gasteiger partial charge in [0, 0.05) is 32.0 Å². The van der Waals surface area contributed by atoms with Crippen molar-refractivity contribution in [3.8, 4) is 5.75 Å². The van der Waals surface area contributed by atoms with Crippen LogP contribution < -0.4 is 10.1 Å². The summed E-state index contributed by atoms with van der Waals surface area (Å²) in [5, 5.41) is 7.33. The monoisotopic (exact) mass is 342 g/mol. The second kappa shape index (κ2) is 8.55. The van der Waals surface area contributed by atoms with E-state index >= 15 is 0 Å². The zero-order valence-electron chi connectivity index (χ0n) is 14.7. The van der Waals surface area contributed by atoms with Crippen LogP contribution in [0.3, 0.4) is 0 Å². The van der Waals surface area contributed by atoms with Crippen molar-refractivity contribution >= 4 is 6.03 Å². The Morgan fingerprint density at radius 2 is 2.16 bits per heavy atom. The molecule has 1 fully saturated rings. The molecule has 1 N–H and O–H groups in total. The Balaban J connectivity index is 1.40. The maximum absolute atomic E-state index is 12.3. The summed E-state index contributed by atoms with van der Waals surface area (Å²) in [6.45, 7) is 4.82. The molecule has 1 aliphatic rings. The van der Waals surface area contributed by atoms with Crippen LogP contribution in [-0.4, -0.2) is 47.0 Å². The number of benzene rings is 1. The van der Waals surface area contributed by atoms with Crippen molar-refractivity contribution in [2.45, 2.75) is 32.2 Å². The summed E-state index contributed by atoms with van der Waals surface area (Å²) in [7, 11) is 0. The number of carbonyl (C=O) groups is 1. The van der Waals surface area contributed by atoms with Crippen molar-refractivity contribution in [2.24, 2.45) is 0 Å². The Bertz CT molecular complexity index is 664. The van der Waals surface area contributed by atoms with E-state index < -0.39 is 0 Å². The van der Waals surface area contributed by atoms with Crippen molar-refractivity contribution in [1.29, 1.82) is 0 Å². The zero-order valence-corrected chi connectivity index (χ0v) is 14.7. The number of urea groups is 1. The second-order valence-electron chi connectivity index (χ2n) is 6.27. The first-order valence-corrected chi connectivity index (χ1v) is 9.00. The molecule has 6 heteroatoms. The second-order valence-corrected chi connectivity index (χ2v) is 6.27. The lowest BCUT2D eigenvalue weighted by molar-refractivity contribution is 0.169. The molecule has 3 rings (SSSR count). The van der Waals surface area contributed by atoms with E-state index in [4.69, 9.17) is 4.74 Å². The number of ether oxygens (including phenoxy) is 1. The van der Waals surface area contributed by atoms with Crippen LogP contribution in [0.1, 0.15) is 31.4 Å². The van der Waals surface area contributed by atoms with E-state index in [1.54, 1.807) is 6.20 Å². The van der Waals surface area contributed by atoms with Gasteiger partial charge in [-0.25, -0.2) is 4.79 Å². The van der Waals surface area contributed by atoms with Crippen LogP contribution in [0.4, 0.5) is 4.79 Å². The molecule has 1 aromatic heterocycles. The molecule has 0 atom stereocenters. The minimum Gasteiger partial charge on any atom is -0.494 e. The third kappa shape index (κ3) is 4.75. The third-order valence-electron chi connectivity index (χ3n) is 4.55. The predicted octanol–water partition coefficient (Wildman–Crippen LogP) is 2.87. The summed E-state index contributed by atoms with van der Waals surface area (Å²) >= 11 is 0. The molecule has 2 amide bonds. The van der Waals surface area contributed by atoms with Crippen LogP contribution in [0.2, 0.25) is 0 Å². The van der Waals surface area contributed by atoms with E-state index in [-0.39, 0.29) is 6.03 Å². The van der Waals surface area contributed by atoms with E-state index in [1.807, 2.05) is 47.0 Å². The van der Waals surface area contributed by atoms with Gasteiger partial charge in [-0.2, -0.15) is 5.10 Å². The molecule has 6 nitrogen and oxygen atoms in total. The van der Waals surface area contributed by atoms with Crippen molar-refractivity contribution in [3.63, 3.8) is 0 Å². The Labute approximate surface area is 148 Å². The lowest BCUT2D eigenvalue weighted by Crippen LogP contribution is -2.45. The van der Waals surface area contributed by atoms with E-state index in [0.29, 0.717) is 19.2 Å². The van der Waals surface area contributed by atoms with Crippen LogP contribution in [-0.2, 0) is 6.42 Å². The van der Waals surface area contributed by atoms with Gasteiger partial charge in [0.2, 0.25) is 0 Å². The van der Waals surface area contributed by atoms with Gasteiger partial charge in [-0.05, 0) is 49.9 Å². The minimum absolute atomic E-state index is 0.0277. The highest BCUT2D eigenvalue weighted by atomic mass is 16.5. The molecule has 2 aromatic rings. The average Bonchev–Trinajstić information content (AvgIpc) is 3.17. The van der Waals surface area contributed by atoms with Gasteiger partial charge >= 0.3 is 6.03 Å². The van der Waals surface area contributed by atoms with Crippen LogP contribution >= 0.6 is 0 Å². The van der Waals surface area contributed by atoms with Crippen molar-refractivity contribution in [3.05, 3.63) is 48.3 Å². The Hall–Kier alpha value is -2.50. The molecule has 0 spiro atoms. The minimum atomic E-state index is 0.0277. The molecular formula is C19H26N4O2. The number of carbonyl (C=O) groups excluding carboxylic acids is 1. The first kappa shape index (κ1) is 17.3. The molecule has 1 aliphatic heterocycles. The highest BCUT2D eigenvalue weighted by Gasteiger charge is 2.23. The smallest absolute Gasteiger partial charge is 0.317 e. The largest absolute Gasteiger partial charge is 0.494 e. The highest BCUT2D eigenvalue weighted by molar-refractivity contribution is 5.74. The van der Waals surface area contributed by atoms with Gasteiger partial charge in [-0.15, -0.1) is 0 Å². The number of nitrogens with one attached hydrogen (secondary N) is 1. The number of likely N-dealkylation sites (tertiary alicyclic amines) is 1. The van der Waals surface area contributed by atoms with E-state index in [2.05, 4.69) is 16.5 Å². The molecule has 0 unspecified atom stereocenters. The van der Waals surface area contributed by atoms with Gasteiger partial charge < -0.3 is 15.0 Å². The van der Waals surface area contributed by atoms with Crippen molar-refractivity contribution in [2.75, 3.05) is 26.2 Å². The Morgan fingerprint density at radius 1 is 1.32 bits per heavy atom. The van der Waals surface area contributed by atoms with Crippen LogP contribution in [0.25, 0.3) is 0 Å². The molecule has 0 radical (unpaired) electrons. The van der Waals surface area contributed by atoms with Crippen LogP contribution in [0.15, 0.2) is 42.7 Å². The summed E-state index contributed by atoms with van der Waals surface area (Å²) in [5.74, 6) is 0.882. The number of rotatable bonds is 6. The van der Waals surface area contributed by atoms with Crippen molar-refractivity contribution in [1.82, 2.24) is 20.0 Å². The number of piperidine rings is 1. The summed E-state index contributed by atoms with van der Waals surface area (Å²) in [4.78, 5) is 14.2. The number of amides is 2. The molecule has 0 saturated carbocycles. The van der Waals surface area contributed by atoms with Crippen LogP contribution in [0, 0.1) is 0 Å². The van der Waals surface area contributed by atoms with E-state index in [9.17, 15) is 4.79 Å². The first-order valence-electron chi connectivity index (χ1n) is 9.00. The SMILES string of the molecule is CCOc1cccc(CCNC(=O)N2CCC(n3cccn3)CC2)c1. The maximum atomic E-state index is 12.3. The van der Waals surface area contributed by atoms with Gasteiger partial charge in [0.25, 0.3) is 0 Å². The number of aromatic nitrogens is 2. The average molecular weight is 342 g/mol. The zero-order chi connectivity index (χ0) is 17.5. The molecular weight excluding hydrogens is 316 g/mol. The molecule has 1 saturated heterocycles. The van der Waals surface area contributed by atoms with Gasteiger partial charge in [0.1, 0.15) is 5.75 Å². The normalized spacial score (nSPS) is 15.2. The summed E-state index contributed by atoms with van der Waals surface area (Å²) < 4.78 is 7.51. The Morgan fingerprint density at radius 3 is 2.88 bits per heavy atom. The highest BCUT2D eigenvalue weighted by Crippen LogP contribution is 2.21. The van der Waals surface area contributed by atoms with Gasteiger partial charge in [-0.1, -0.05) is 12.1 Å². The fourth-order valence-electron chi connectivity index (χ4n) is 3.21. The fraction of sp³-hybridized carbons (Fsp3) is 0.474. The molecule has 1 aromatic carbocycles. The molecule has 0 aliphatic carbocycles. The first-order chi connectivity index (χ1) is 12.3. The molecule has 134 valence electrons. The summed E-state index contributed by atoms with van der Waals surface area (Å²) in [5.41, 5.74) is 1.17. The lowest BCUT2D eigenvalue weighted by Gasteiger charge is -2.32. The van der Waals surface area contributed by atoms with Crippen molar-refractivity contribution < 1.29 is 9.53 Å². The van der Waals surface area contributed by atoms with Gasteiger partial charge in [0.15, 0.2) is 0 Å². The summed E-state index contributed by atoms with van der Waals surface area (Å²) in [6.07, 6.45) is 6.50. The number of hydrogen-bond donors (Lipinski definition) is 1. The summed E-state index contributed by atoms with van der Waals surface area (Å²) in [6, 6.07) is 10.4. The quantitative estimate of drug-likeness (QED) is 0.878. The number of hydrogen-bond acceptors (Lipinski definition) is 3. The fourth-order valence-corrected chi connectivity index (χ4v) is 3.21. The van der Waals surface area contributed by atoms with Gasteiger partial charge in [0.05, 0.1) is 12.6 Å². The van der Waals surface area contributed by atoms with E-state index in [0.717, 1.165) is 38.1 Å². The van der Waals surface area contributed by atoms with Crippen LogP contribution in [0.5, 0.6) is 5.75 Å². The maximum Gasteiger partial charge on any atom is 0.317 e. The topological polar surface area (TPSA) is 59.4 Å². The Kier molecular flexibility index (Phi) is 5.93. The standard InChI is InChI=1S/C19H26N4O2/c1-2-25-18-6-3-5-16(15-18)7-11-20-19(24)22-13-8-17(9-14-22)23-12-4-10-21-23/h3-6,10,12,15,17H,2,7-9,11,13-14H2,1H3,(H,20,24). The van der Waals surface area contributed by atoms with E-state index in [1.165, 1.54) is 5.56 Å². The lowest BCUT2D eigenvalue weighted by atomic mass is 10.1. The third-order valence-corrected chi connectivity index (χ3v) is 4.55. The number of nitrogens with zero attached hydrogens (tertiary/aromatic N) is 3. The molecule has 0 bridgehead atoms. The molecule has 2 heterocycles. The predicted molar refractivity (Wildman–Crippen MR) is 96.8 cm³/mol. The molecule has 25 heavy (non-hydrogen) atoms.